The molecule has 0 atom stereocenters. The van der Waals surface area contributed by atoms with Gasteiger partial charge in [0.1, 0.15) is 0 Å². The van der Waals surface area contributed by atoms with Crippen LogP contribution in [0.15, 0.2) is 35.3 Å². The van der Waals surface area contributed by atoms with Crippen molar-refractivity contribution in [3.05, 3.63) is 35.9 Å². The second kappa shape index (κ2) is 8.18. The first-order valence-electron chi connectivity index (χ1n) is 8.41. The zero-order valence-corrected chi connectivity index (χ0v) is 16.4. The van der Waals surface area contributed by atoms with Crippen LogP contribution in [-0.2, 0) is 6.54 Å². The molecule has 0 aliphatic rings. The Morgan fingerprint density at radius 2 is 1.64 bits per heavy atom. The Bertz CT molecular complexity index is 739. The van der Waals surface area contributed by atoms with Gasteiger partial charge in [-0.05, 0) is 24.1 Å². The van der Waals surface area contributed by atoms with Crippen molar-refractivity contribution in [3.8, 4) is 0 Å². The van der Waals surface area contributed by atoms with Crippen LogP contribution < -0.4 is 10.7 Å². The van der Waals surface area contributed by atoms with Gasteiger partial charge in [0.25, 0.3) is 0 Å². The van der Waals surface area contributed by atoms with E-state index < -0.39 is 0 Å². The van der Waals surface area contributed by atoms with E-state index in [-0.39, 0.29) is 0 Å². The van der Waals surface area contributed by atoms with Gasteiger partial charge in [0.2, 0.25) is 5.96 Å². The fourth-order valence-electron chi connectivity index (χ4n) is 2.89. The lowest BCUT2D eigenvalue weighted by atomic mass is 10.0. The van der Waals surface area contributed by atoms with Crippen molar-refractivity contribution in [2.75, 3.05) is 54.8 Å². The Morgan fingerprint density at radius 1 is 0.960 bits per heavy atom. The minimum atomic E-state index is 0.790. The highest BCUT2D eigenvalue weighted by atomic mass is 15.5. The highest BCUT2D eigenvalue weighted by Gasteiger charge is 2.13. The number of rotatable bonds is 5. The number of fused-ring (bicyclic) bond motifs is 1. The Hall–Kier alpha value is -2.31. The summed E-state index contributed by atoms with van der Waals surface area (Å²) in [7, 11) is 14.0. The Labute approximate surface area is 151 Å². The van der Waals surface area contributed by atoms with E-state index in [0.29, 0.717) is 0 Å². The van der Waals surface area contributed by atoms with Gasteiger partial charge >= 0.3 is 0 Å². The summed E-state index contributed by atoms with van der Waals surface area (Å²) in [4.78, 5) is 8.99. The van der Waals surface area contributed by atoms with Gasteiger partial charge in [0.05, 0.1) is 11.4 Å². The quantitative estimate of drug-likeness (QED) is 0.497. The fraction of sp³-hybridized carbons (Fsp3) is 0.421. The maximum atomic E-state index is 4.94. The third-order valence-corrected chi connectivity index (χ3v) is 3.83. The second-order valence-electron chi connectivity index (χ2n) is 6.71. The first-order chi connectivity index (χ1) is 11.8. The van der Waals surface area contributed by atoms with Crippen molar-refractivity contribution in [3.63, 3.8) is 0 Å². The van der Waals surface area contributed by atoms with Crippen LogP contribution in [0, 0.1) is 0 Å². The predicted octanol–water partition coefficient (Wildman–Crippen LogP) is 2.56. The molecular weight excluding hydrogens is 312 g/mol. The zero-order chi connectivity index (χ0) is 18.6. The molecule has 2 aromatic rings. The lowest BCUT2D eigenvalue weighted by molar-refractivity contribution is 0.484. The van der Waals surface area contributed by atoms with Gasteiger partial charge in [-0.1, -0.05) is 24.3 Å². The lowest BCUT2D eigenvalue weighted by Gasteiger charge is -2.24. The molecule has 0 saturated carbocycles. The minimum absolute atomic E-state index is 0.790. The zero-order valence-electron chi connectivity index (χ0n) is 16.4. The summed E-state index contributed by atoms with van der Waals surface area (Å²) < 4.78 is 0. The van der Waals surface area contributed by atoms with Crippen LogP contribution in [0.4, 0.5) is 11.4 Å². The summed E-state index contributed by atoms with van der Waals surface area (Å²) >= 11 is 0. The molecule has 25 heavy (non-hydrogen) atoms. The molecular formula is C19H30N6. The van der Waals surface area contributed by atoms with Gasteiger partial charge in [-0.15, -0.1) is 0 Å². The van der Waals surface area contributed by atoms with Crippen molar-refractivity contribution in [1.82, 2.24) is 20.1 Å². The number of anilines is 1. The van der Waals surface area contributed by atoms with Crippen LogP contribution in [-0.4, -0.2) is 70.1 Å². The van der Waals surface area contributed by atoms with Gasteiger partial charge in [-0.3, -0.25) is 0 Å². The normalized spacial score (nSPS) is 10.9. The van der Waals surface area contributed by atoms with E-state index in [2.05, 4.69) is 41.1 Å². The maximum absolute atomic E-state index is 4.94. The van der Waals surface area contributed by atoms with E-state index in [1.165, 1.54) is 10.9 Å². The van der Waals surface area contributed by atoms with E-state index in [1.54, 1.807) is 0 Å². The summed E-state index contributed by atoms with van der Waals surface area (Å²) in [5, 5.41) is 7.51. The predicted molar refractivity (Wildman–Crippen MR) is 108 cm³/mol. The summed E-state index contributed by atoms with van der Waals surface area (Å²) in [5.74, 6) is 0.905. The monoisotopic (exact) mass is 342 g/mol. The van der Waals surface area contributed by atoms with Gasteiger partial charge in [-0.2, -0.15) is 0 Å². The molecule has 2 rings (SSSR count). The molecule has 0 fully saturated rings. The first kappa shape index (κ1) is 19.0. The summed E-state index contributed by atoms with van der Waals surface area (Å²) in [6.07, 6.45) is 0. The maximum Gasteiger partial charge on any atom is 0.200 e. The Balaban J connectivity index is 2.76. The molecule has 0 saturated heterocycles. The van der Waals surface area contributed by atoms with Crippen LogP contribution in [0.2, 0.25) is 0 Å². The molecule has 0 radical (unpaired) electrons. The third kappa shape index (κ3) is 4.41. The van der Waals surface area contributed by atoms with Crippen LogP contribution in [0.25, 0.3) is 10.8 Å². The largest absolute Gasteiger partial charge is 0.349 e. The van der Waals surface area contributed by atoms with Gasteiger partial charge < -0.3 is 20.5 Å². The van der Waals surface area contributed by atoms with Crippen LogP contribution in [0.1, 0.15) is 5.56 Å². The van der Waals surface area contributed by atoms with Gasteiger partial charge in [0, 0.05) is 54.2 Å². The first-order valence-corrected chi connectivity index (χ1v) is 8.41. The summed E-state index contributed by atoms with van der Waals surface area (Å²) in [5.41, 5.74) is 6.73. The molecule has 0 aromatic heterocycles. The summed E-state index contributed by atoms with van der Waals surface area (Å²) in [6, 6.07) is 10.6. The number of hydrogen-bond acceptors (Lipinski definition) is 4. The van der Waals surface area contributed by atoms with E-state index in [9.17, 15) is 0 Å². The minimum Gasteiger partial charge on any atom is -0.349 e. The molecule has 0 heterocycles. The Kier molecular flexibility index (Phi) is 6.22. The second-order valence-corrected chi connectivity index (χ2v) is 6.71. The Morgan fingerprint density at radius 3 is 2.20 bits per heavy atom. The molecule has 2 N–H and O–H groups in total. The SMILES string of the molecule is CNCc1ccc2cccc(N=C(N(C)C)N(C)C)c2c1NN(C)C. The molecule has 0 bridgehead atoms. The molecule has 2 aromatic carbocycles. The van der Waals surface area contributed by atoms with Crippen molar-refractivity contribution in [2.45, 2.75) is 6.54 Å². The van der Waals surface area contributed by atoms with Crippen LogP contribution in [0.5, 0.6) is 0 Å². The number of benzene rings is 2. The van der Waals surface area contributed by atoms with Crippen molar-refractivity contribution in [1.29, 1.82) is 0 Å². The lowest BCUT2D eigenvalue weighted by Crippen LogP contribution is -2.35. The molecule has 0 aliphatic carbocycles. The van der Waals surface area contributed by atoms with Crippen molar-refractivity contribution < 1.29 is 0 Å². The average Bonchev–Trinajstić information content (AvgIpc) is 2.53. The van der Waals surface area contributed by atoms with Crippen LogP contribution >= 0.6 is 0 Å². The molecule has 0 aliphatic heterocycles. The topological polar surface area (TPSA) is 46.1 Å². The number of nitrogens with zero attached hydrogens (tertiary/aromatic N) is 4. The number of guanidine groups is 1. The third-order valence-electron chi connectivity index (χ3n) is 3.83. The highest BCUT2D eigenvalue weighted by molar-refractivity contribution is 6.04. The molecule has 6 heteroatoms. The van der Waals surface area contributed by atoms with E-state index in [4.69, 9.17) is 4.99 Å². The molecule has 0 unspecified atom stereocenters. The van der Waals surface area contributed by atoms with E-state index >= 15 is 0 Å². The number of nitrogens with one attached hydrogen (secondary N) is 2. The number of hydrogen-bond donors (Lipinski definition) is 2. The van der Waals surface area contributed by atoms with E-state index in [0.717, 1.165) is 29.3 Å². The molecule has 0 amide bonds. The average molecular weight is 342 g/mol. The highest BCUT2D eigenvalue weighted by Crippen LogP contribution is 2.35. The van der Waals surface area contributed by atoms with Crippen molar-refractivity contribution in [2.24, 2.45) is 4.99 Å². The summed E-state index contributed by atoms with van der Waals surface area (Å²) in [6.45, 7) is 0.790. The number of hydrazine groups is 1. The fourth-order valence-corrected chi connectivity index (χ4v) is 2.89. The standard InChI is InChI=1S/C19H30N6/c1-20-13-15-12-11-14-9-8-10-16(17(14)18(15)22-25(6)7)21-19(23(2)3)24(4)5/h8-12,20,22H,13H2,1-7H3. The van der Waals surface area contributed by atoms with Gasteiger partial charge in [0.15, 0.2) is 0 Å². The van der Waals surface area contributed by atoms with Crippen molar-refractivity contribution >= 4 is 28.1 Å². The number of aliphatic imine (C=N–C) groups is 1. The molecule has 6 nitrogen and oxygen atoms in total. The van der Waals surface area contributed by atoms with Crippen LogP contribution in [0.3, 0.4) is 0 Å². The van der Waals surface area contributed by atoms with Gasteiger partial charge in [-0.25, -0.2) is 10.0 Å². The smallest absolute Gasteiger partial charge is 0.200 e. The molecule has 136 valence electrons. The molecule has 0 spiro atoms. The van der Waals surface area contributed by atoms with E-state index in [1.807, 2.05) is 64.1 Å².